The molecule has 0 spiro atoms. The third-order valence-electron chi connectivity index (χ3n) is 3.66. The first-order valence-corrected chi connectivity index (χ1v) is 8.30. The highest BCUT2D eigenvalue weighted by atomic mass is 16.6. The number of amides is 3. The first kappa shape index (κ1) is 18.2. The summed E-state index contributed by atoms with van der Waals surface area (Å²) in [5, 5.41) is 4.64. The lowest BCUT2D eigenvalue weighted by Crippen LogP contribution is -2.41. The molecule has 2 N–H and O–H groups in total. The zero-order valence-electron chi connectivity index (χ0n) is 14.4. The fourth-order valence-corrected chi connectivity index (χ4v) is 2.37. The molecule has 1 aliphatic heterocycles. The number of imide groups is 1. The Bertz CT molecular complexity index is 837. The van der Waals surface area contributed by atoms with E-state index in [0.29, 0.717) is 24.7 Å². The second-order valence-corrected chi connectivity index (χ2v) is 5.65. The summed E-state index contributed by atoms with van der Waals surface area (Å²) in [5.41, 5.74) is 1.12. The molecule has 3 rings (SSSR count). The summed E-state index contributed by atoms with van der Waals surface area (Å²) in [5.74, 6) is -0.440. The van der Waals surface area contributed by atoms with Gasteiger partial charge in [-0.05, 0) is 23.8 Å². The van der Waals surface area contributed by atoms with Crippen LogP contribution in [0.15, 0.2) is 48.5 Å². The summed E-state index contributed by atoms with van der Waals surface area (Å²) in [6.45, 7) is 0.540. The smallest absolute Gasteiger partial charge is 0.338 e. The minimum Gasteiger partial charge on any atom is -0.486 e. The summed E-state index contributed by atoms with van der Waals surface area (Å²) in [7, 11) is 0. The van der Waals surface area contributed by atoms with Crippen molar-refractivity contribution in [2.75, 3.05) is 19.8 Å². The lowest BCUT2D eigenvalue weighted by atomic mass is 10.2. The molecule has 2 aromatic carbocycles. The van der Waals surface area contributed by atoms with Crippen molar-refractivity contribution in [3.8, 4) is 11.5 Å². The van der Waals surface area contributed by atoms with E-state index in [1.165, 1.54) is 12.1 Å². The Labute approximate surface area is 155 Å². The Hall–Kier alpha value is -3.55. The van der Waals surface area contributed by atoms with Crippen LogP contribution in [0.2, 0.25) is 0 Å². The molecular formula is C19H18N2O6. The van der Waals surface area contributed by atoms with Gasteiger partial charge in [-0.1, -0.05) is 30.3 Å². The van der Waals surface area contributed by atoms with Gasteiger partial charge in [-0.15, -0.1) is 0 Å². The Morgan fingerprint density at radius 3 is 2.48 bits per heavy atom. The molecule has 140 valence electrons. The quantitative estimate of drug-likeness (QED) is 0.776. The van der Waals surface area contributed by atoms with Crippen molar-refractivity contribution in [2.24, 2.45) is 0 Å². The summed E-state index contributed by atoms with van der Waals surface area (Å²) in [4.78, 5) is 35.5. The average Bonchev–Trinajstić information content (AvgIpc) is 2.71. The van der Waals surface area contributed by atoms with Crippen LogP contribution in [0.25, 0.3) is 0 Å². The second kappa shape index (κ2) is 8.70. The van der Waals surface area contributed by atoms with E-state index in [-0.39, 0.29) is 12.1 Å². The number of carbonyl (C=O) groups excluding carboxylic acids is 3. The highest BCUT2D eigenvalue weighted by molar-refractivity contribution is 5.97. The molecule has 0 saturated heterocycles. The summed E-state index contributed by atoms with van der Waals surface area (Å²) >= 11 is 0. The van der Waals surface area contributed by atoms with Crippen molar-refractivity contribution in [1.82, 2.24) is 10.6 Å². The summed E-state index contributed by atoms with van der Waals surface area (Å²) in [6, 6.07) is 13.2. The Balaban J connectivity index is 1.43. The van der Waals surface area contributed by atoms with Gasteiger partial charge in [-0.2, -0.15) is 0 Å². The lowest BCUT2D eigenvalue weighted by molar-refractivity contribution is -0.123. The first-order chi connectivity index (χ1) is 13.1. The van der Waals surface area contributed by atoms with Crippen molar-refractivity contribution in [2.45, 2.75) is 6.54 Å². The van der Waals surface area contributed by atoms with E-state index in [1.807, 2.05) is 30.3 Å². The van der Waals surface area contributed by atoms with Crippen LogP contribution < -0.4 is 20.1 Å². The fourth-order valence-electron chi connectivity index (χ4n) is 2.37. The molecule has 0 atom stereocenters. The van der Waals surface area contributed by atoms with Gasteiger partial charge in [0.1, 0.15) is 13.2 Å². The van der Waals surface area contributed by atoms with E-state index < -0.39 is 24.5 Å². The molecule has 0 unspecified atom stereocenters. The van der Waals surface area contributed by atoms with E-state index >= 15 is 0 Å². The number of nitrogens with one attached hydrogen (secondary N) is 2. The number of benzene rings is 2. The second-order valence-electron chi connectivity index (χ2n) is 5.65. The number of fused-ring (bicyclic) bond motifs is 1. The SMILES string of the molecule is O=C(COC(=O)c1ccc2c(c1)OCCO2)NC(=O)NCc1ccccc1. The van der Waals surface area contributed by atoms with E-state index in [4.69, 9.17) is 14.2 Å². The maximum atomic E-state index is 12.0. The molecule has 0 aliphatic carbocycles. The van der Waals surface area contributed by atoms with Crippen LogP contribution in [0.1, 0.15) is 15.9 Å². The molecule has 27 heavy (non-hydrogen) atoms. The number of hydrogen-bond acceptors (Lipinski definition) is 6. The molecule has 0 radical (unpaired) electrons. The molecule has 8 nitrogen and oxygen atoms in total. The molecule has 8 heteroatoms. The molecular weight excluding hydrogens is 352 g/mol. The standard InChI is InChI=1S/C19H18N2O6/c22-17(21-19(24)20-11-13-4-2-1-3-5-13)12-27-18(23)14-6-7-15-16(10-14)26-9-8-25-15/h1-7,10H,8-9,11-12H2,(H2,20,21,22,24). The Morgan fingerprint density at radius 1 is 0.963 bits per heavy atom. The number of esters is 1. The molecule has 1 aliphatic rings. The zero-order chi connectivity index (χ0) is 19.1. The van der Waals surface area contributed by atoms with E-state index in [9.17, 15) is 14.4 Å². The minimum atomic E-state index is -0.730. The van der Waals surface area contributed by atoms with Crippen LogP contribution in [0.3, 0.4) is 0 Å². The summed E-state index contributed by atoms with van der Waals surface area (Å²) in [6.07, 6.45) is 0. The lowest BCUT2D eigenvalue weighted by Gasteiger charge is -2.18. The molecule has 0 fully saturated rings. The largest absolute Gasteiger partial charge is 0.486 e. The number of rotatable bonds is 5. The molecule has 0 bridgehead atoms. The number of hydrogen-bond donors (Lipinski definition) is 2. The molecule has 1 heterocycles. The Morgan fingerprint density at radius 2 is 1.70 bits per heavy atom. The normalized spacial score (nSPS) is 12.0. The van der Waals surface area contributed by atoms with Crippen LogP contribution in [0.5, 0.6) is 11.5 Å². The number of ether oxygens (including phenoxy) is 3. The minimum absolute atomic E-state index is 0.223. The van der Waals surface area contributed by atoms with E-state index in [2.05, 4.69) is 10.6 Å². The maximum absolute atomic E-state index is 12.0. The van der Waals surface area contributed by atoms with Gasteiger partial charge in [0.25, 0.3) is 5.91 Å². The van der Waals surface area contributed by atoms with Crippen molar-refractivity contribution in [1.29, 1.82) is 0 Å². The molecule has 3 amide bonds. The highest BCUT2D eigenvalue weighted by Gasteiger charge is 2.17. The van der Waals surface area contributed by atoms with Crippen LogP contribution in [-0.2, 0) is 16.1 Å². The molecule has 2 aromatic rings. The van der Waals surface area contributed by atoms with Crippen LogP contribution in [0.4, 0.5) is 4.79 Å². The van der Waals surface area contributed by atoms with Crippen molar-refractivity contribution < 1.29 is 28.6 Å². The van der Waals surface area contributed by atoms with Gasteiger partial charge in [0.2, 0.25) is 0 Å². The average molecular weight is 370 g/mol. The van der Waals surface area contributed by atoms with Crippen LogP contribution in [0, 0.1) is 0 Å². The zero-order valence-corrected chi connectivity index (χ0v) is 14.4. The first-order valence-electron chi connectivity index (χ1n) is 8.30. The maximum Gasteiger partial charge on any atom is 0.338 e. The van der Waals surface area contributed by atoms with Gasteiger partial charge in [0.05, 0.1) is 5.56 Å². The topological polar surface area (TPSA) is 103 Å². The van der Waals surface area contributed by atoms with Crippen LogP contribution in [-0.4, -0.2) is 37.7 Å². The van der Waals surface area contributed by atoms with Crippen LogP contribution >= 0.6 is 0 Å². The van der Waals surface area contributed by atoms with Gasteiger partial charge >= 0.3 is 12.0 Å². The number of urea groups is 1. The van der Waals surface area contributed by atoms with E-state index in [0.717, 1.165) is 5.56 Å². The third kappa shape index (κ3) is 5.21. The van der Waals surface area contributed by atoms with Gasteiger partial charge in [-0.3, -0.25) is 10.1 Å². The van der Waals surface area contributed by atoms with E-state index in [1.54, 1.807) is 6.07 Å². The van der Waals surface area contributed by atoms with Gasteiger partial charge in [-0.25, -0.2) is 9.59 Å². The van der Waals surface area contributed by atoms with Crippen molar-refractivity contribution >= 4 is 17.9 Å². The van der Waals surface area contributed by atoms with Gasteiger partial charge < -0.3 is 19.5 Å². The predicted molar refractivity (Wildman–Crippen MR) is 94.5 cm³/mol. The molecule has 0 saturated carbocycles. The van der Waals surface area contributed by atoms with Gasteiger partial charge in [0, 0.05) is 6.54 Å². The van der Waals surface area contributed by atoms with Crippen molar-refractivity contribution in [3.63, 3.8) is 0 Å². The fraction of sp³-hybridized carbons (Fsp3) is 0.211. The predicted octanol–water partition coefficient (Wildman–Crippen LogP) is 1.64. The monoisotopic (exact) mass is 370 g/mol. The Kier molecular flexibility index (Phi) is 5.88. The van der Waals surface area contributed by atoms with Gasteiger partial charge in [0.15, 0.2) is 18.1 Å². The highest BCUT2D eigenvalue weighted by Crippen LogP contribution is 2.30. The molecule has 0 aromatic heterocycles. The van der Waals surface area contributed by atoms with Crippen molar-refractivity contribution in [3.05, 3.63) is 59.7 Å². The third-order valence-corrected chi connectivity index (χ3v) is 3.66. The number of carbonyl (C=O) groups is 3. The summed E-state index contributed by atoms with van der Waals surface area (Å²) < 4.78 is 15.7.